The summed E-state index contributed by atoms with van der Waals surface area (Å²) >= 11 is 0. The zero-order chi connectivity index (χ0) is 16.8. The maximum atomic E-state index is 9.75. The standard InChI is InChI=1S/C19H21N3O2/c1-15(23)13-22(17-10-6-3-7-11-17)14-19-20-18(21-24-19)12-16-8-4-2-5-9-16/h2-11,15,23H,12-14H2,1H3/t15-/m0/s1. The quantitative estimate of drug-likeness (QED) is 0.724. The van der Waals surface area contributed by atoms with Crippen LogP contribution >= 0.6 is 0 Å². The Morgan fingerprint density at radius 3 is 2.38 bits per heavy atom. The lowest BCUT2D eigenvalue weighted by molar-refractivity contribution is 0.198. The highest BCUT2D eigenvalue weighted by Gasteiger charge is 2.14. The van der Waals surface area contributed by atoms with Gasteiger partial charge in [-0.3, -0.25) is 0 Å². The van der Waals surface area contributed by atoms with Crippen LogP contribution < -0.4 is 4.90 Å². The van der Waals surface area contributed by atoms with Crippen molar-refractivity contribution in [3.63, 3.8) is 0 Å². The van der Waals surface area contributed by atoms with Crippen molar-refractivity contribution >= 4 is 5.69 Å². The highest BCUT2D eigenvalue weighted by molar-refractivity contribution is 5.46. The first-order chi connectivity index (χ1) is 11.7. The Bertz CT molecular complexity index is 742. The van der Waals surface area contributed by atoms with E-state index < -0.39 is 6.10 Å². The number of hydrogen-bond donors (Lipinski definition) is 1. The highest BCUT2D eigenvalue weighted by atomic mass is 16.5. The molecule has 0 bridgehead atoms. The van der Waals surface area contributed by atoms with Crippen LogP contribution in [0.3, 0.4) is 0 Å². The van der Waals surface area contributed by atoms with E-state index in [2.05, 4.69) is 10.1 Å². The van der Waals surface area contributed by atoms with Crippen molar-refractivity contribution in [2.24, 2.45) is 0 Å². The van der Waals surface area contributed by atoms with Crippen LogP contribution in [0.2, 0.25) is 0 Å². The van der Waals surface area contributed by atoms with Crippen LogP contribution in [0, 0.1) is 0 Å². The van der Waals surface area contributed by atoms with Gasteiger partial charge in [-0.05, 0) is 24.6 Å². The first kappa shape index (κ1) is 16.2. The predicted molar refractivity (Wildman–Crippen MR) is 92.7 cm³/mol. The minimum Gasteiger partial charge on any atom is -0.392 e. The van der Waals surface area contributed by atoms with Crippen molar-refractivity contribution in [2.75, 3.05) is 11.4 Å². The molecule has 1 N–H and O–H groups in total. The van der Waals surface area contributed by atoms with Gasteiger partial charge < -0.3 is 14.5 Å². The Kier molecular flexibility index (Phi) is 5.23. The van der Waals surface area contributed by atoms with Crippen LogP contribution in [-0.4, -0.2) is 27.9 Å². The molecule has 5 heteroatoms. The summed E-state index contributed by atoms with van der Waals surface area (Å²) in [7, 11) is 0. The molecule has 0 aliphatic heterocycles. The average Bonchev–Trinajstić information content (AvgIpc) is 3.02. The lowest BCUT2D eigenvalue weighted by Gasteiger charge is -2.24. The van der Waals surface area contributed by atoms with Crippen molar-refractivity contribution < 1.29 is 9.63 Å². The van der Waals surface area contributed by atoms with Gasteiger partial charge in [-0.25, -0.2) is 0 Å². The van der Waals surface area contributed by atoms with Crippen LogP contribution in [0.25, 0.3) is 0 Å². The molecular formula is C19H21N3O2. The SMILES string of the molecule is C[C@H](O)CN(Cc1nc(Cc2ccccc2)no1)c1ccccc1. The lowest BCUT2D eigenvalue weighted by Crippen LogP contribution is -2.30. The number of aromatic nitrogens is 2. The van der Waals surface area contributed by atoms with Crippen molar-refractivity contribution in [3.8, 4) is 0 Å². The van der Waals surface area contributed by atoms with Crippen molar-refractivity contribution in [2.45, 2.75) is 26.0 Å². The zero-order valence-corrected chi connectivity index (χ0v) is 13.7. The second-order valence-electron chi connectivity index (χ2n) is 5.83. The van der Waals surface area contributed by atoms with Crippen LogP contribution in [0.5, 0.6) is 0 Å². The number of benzene rings is 2. The average molecular weight is 323 g/mol. The Morgan fingerprint density at radius 2 is 1.71 bits per heavy atom. The van der Waals surface area contributed by atoms with Gasteiger partial charge in [0.25, 0.3) is 0 Å². The lowest BCUT2D eigenvalue weighted by atomic mass is 10.1. The maximum absolute atomic E-state index is 9.75. The molecule has 0 unspecified atom stereocenters. The second-order valence-corrected chi connectivity index (χ2v) is 5.83. The summed E-state index contributed by atoms with van der Waals surface area (Å²) in [6, 6.07) is 20.0. The Balaban J connectivity index is 1.71. The first-order valence-corrected chi connectivity index (χ1v) is 8.04. The molecule has 124 valence electrons. The van der Waals surface area contributed by atoms with E-state index in [0.29, 0.717) is 31.2 Å². The molecule has 0 saturated carbocycles. The highest BCUT2D eigenvalue weighted by Crippen LogP contribution is 2.17. The van der Waals surface area contributed by atoms with Crippen LogP contribution in [0.4, 0.5) is 5.69 Å². The Labute approximate surface area is 141 Å². The minimum atomic E-state index is -0.447. The molecule has 0 radical (unpaired) electrons. The van der Waals surface area contributed by atoms with E-state index in [9.17, 15) is 5.11 Å². The van der Waals surface area contributed by atoms with Gasteiger partial charge >= 0.3 is 0 Å². The Morgan fingerprint density at radius 1 is 1.04 bits per heavy atom. The molecular weight excluding hydrogens is 302 g/mol. The number of rotatable bonds is 7. The third kappa shape index (κ3) is 4.43. The summed E-state index contributed by atoms with van der Waals surface area (Å²) in [6.07, 6.45) is 0.198. The van der Waals surface area contributed by atoms with Crippen LogP contribution in [0.1, 0.15) is 24.2 Å². The number of nitrogens with zero attached hydrogens (tertiary/aromatic N) is 3. The molecule has 0 amide bonds. The normalized spacial score (nSPS) is 12.1. The molecule has 1 aromatic heterocycles. The number of anilines is 1. The monoisotopic (exact) mass is 323 g/mol. The first-order valence-electron chi connectivity index (χ1n) is 8.04. The van der Waals surface area contributed by atoms with Gasteiger partial charge in [-0.1, -0.05) is 53.7 Å². The number of para-hydroxylation sites is 1. The number of hydrogen-bond acceptors (Lipinski definition) is 5. The van der Waals surface area contributed by atoms with Crippen molar-refractivity contribution in [3.05, 3.63) is 77.9 Å². The molecule has 3 rings (SSSR count). The van der Waals surface area contributed by atoms with E-state index in [1.54, 1.807) is 6.92 Å². The van der Waals surface area contributed by atoms with Gasteiger partial charge in [0.2, 0.25) is 5.89 Å². The fraction of sp³-hybridized carbons (Fsp3) is 0.263. The third-order valence-electron chi connectivity index (χ3n) is 3.65. The number of aliphatic hydroxyl groups is 1. The van der Waals surface area contributed by atoms with E-state index in [1.165, 1.54) is 0 Å². The number of aliphatic hydroxyl groups excluding tert-OH is 1. The minimum absolute atomic E-state index is 0.447. The maximum Gasteiger partial charge on any atom is 0.246 e. The summed E-state index contributed by atoms with van der Waals surface area (Å²) < 4.78 is 5.39. The fourth-order valence-corrected chi connectivity index (χ4v) is 2.59. The van der Waals surface area contributed by atoms with Gasteiger partial charge in [0, 0.05) is 18.7 Å². The molecule has 0 aliphatic rings. The summed E-state index contributed by atoms with van der Waals surface area (Å²) in [5.41, 5.74) is 2.16. The summed E-state index contributed by atoms with van der Waals surface area (Å²) in [5.74, 6) is 1.21. The molecule has 0 aliphatic carbocycles. The van der Waals surface area contributed by atoms with Crippen molar-refractivity contribution in [1.29, 1.82) is 0 Å². The molecule has 3 aromatic rings. The molecule has 1 atom stereocenters. The van der Waals surface area contributed by atoms with Gasteiger partial charge in [0.05, 0.1) is 12.6 Å². The molecule has 1 heterocycles. The molecule has 0 fully saturated rings. The van der Waals surface area contributed by atoms with E-state index in [1.807, 2.05) is 65.6 Å². The fourth-order valence-electron chi connectivity index (χ4n) is 2.59. The second kappa shape index (κ2) is 7.75. The van der Waals surface area contributed by atoms with Crippen LogP contribution in [-0.2, 0) is 13.0 Å². The molecule has 0 saturated heterocycles. The van der Waals surface area contributed by atoms with Gasteiger partial charge in [-0.15, -0.1) is 0 Å². The predicted octanol–water partition coefficient (Wildman–Crippen LogP) is 3.05. The van der Waals surface area contributed by atoms with Gasteiger partial charge in [-0.2, -0.15) is 4.98 Å². The van der Waals surface area contributed by atoms with Crippen LogP contribution in [0.15, 0.2) is 65.2 Å². The van der Waals surface area contributed by atoms with E-state index >= 15 is 0 Å². The Hall–Kier alpha value is -2.66. The smallest absolute Gasteiger partial charge is 0.246 e. The molecule has 2 aromatic carbocycles. The van der Waals surface area contributed by atoms with Crippen molar-refractivity contribution in [1.82, 2.24) is 10.1 Å². The molecule has 24 heavy (non-hydrogen) atoms. The van der Waals surface area contributed by atoms with E-state index in [-0.39, 0.29) is 0 Å². The summed E-state index contributed by atoms with van der Waals surface area (Å²) in [5, 5.41) is 13.8. The third-order valence-corrected chi connectivity index (χ3v) is 3.65. The van der Waals surface area contributed by atoms with Gasteiger partial charge in [0.15, 0.2) is 5.82 Å². The topological polar surface area (TPSA) is 62.4 Å². The summed E-state index contributed by atoms with van der Waals surface area (Å²) in [6.45, 7) is 2.74. The molecule has 5 nitrogen and oxygen atoms in total. The summed E-state index contributed by atoms with van der Waals surface area (Å²) in [4.78, 5) is 6.51. The zero-order valence-electron chi connectivity index (χ0n) is 13.7. The molecule has 0 spiro atoms. The van der Waals surface area contributed by atoms with E-state index in [4.69, 9.17) is 4.52 Å². The largest absolute Gasteiger partial charge is 0.392 e. The van der Waals surface area contributed by atoms with E-state index in [0.717, 1.165) is 11.3 Å². The van der Waals surface area contributed by atoms with Gasteiger partial charge in [0.1, 0.15) is 0 Å².